The zero-order chi connectivity index (χ0) is 28.2. The number of hydrogen-bond donors (Lipinski definition) is 1. The van der Waals surface area contributed by atoms with E-state index >= 15 is 0 Å². The van der Waals surface area contributed by atoms with Crippen LogP contribution in [0, 0.1) is 11.8 Å². The second kappa shape index (κ2) is 11.9. The molecule has 5 rings (SSSR count). The van der Waals surface area contributed by atoms with E-state index in [1.807, 2.05) is 66.7 Å². The predicted octanol–water partition coefficient (Wildman–Crippen LogP) is 6.36. The van der Waals surface area contributed by atoms with Crippen LogP contribution in [0.3, 0.4) is 0 Å². The van der Waals surface area contributed by atoms with E-state index < -0.39 is 5.97 Å². The van der Waals surface area contributed by atoms with Crippen LogP contribution in [0.25, 0.3) is 10.8 Å². The van der Waals surface area contributed by atoms with Gasteiger partial charge in [0.05, 0.1) is 46.7 Å². The van der Waals surface area contributed by atoms with Gasteiger partial charge in [-0.25, -0.2) is 4.79 Å². The predicted molar refractivity (Wildman–Crippen MR) is 153 cm³/mol. The largest absolute Gasteiger partial charge is 0.493 e. The van der Waals surface area contributed by atoms with Crippen molar-refractivity contribution in [3.05, 3.63) is 95.1 Å². The lowest BCUT2D eigenvalue weighted by atomic mass is 9.78. The SMILES string of the molecule is COc1ccc(C[C@H]2CO[C@H](c3ccc(OC)c(OC)c3)[C@@H]2Cc2c(C(=O)O)ccc3ccccc23)cc1OC. The molecule has 0 saturated carbocycles. The van der Waals surface area contributed by atoms with Crippen molar-refractivity contribution >= 4 is 16.7 Å². The minimum atomic E-state index is -0.932. The molecule has 0 amide bonds. The summed E-state index contributed by atoms with van der Waals surface area (Å²) in [6.45, 7) is 0.533. The molecule has 0 bridgehead atoms. The van der Waals surface area contributed by atoms with Crippen LogP contribution >= 0.6 is 0 Å². The number of rotatable bonds is 10. The Labute approximate surface area is 234 Å². The van der Waals surface area contributed by atoms with Crippen molar-refractivity contribution in [1.29, 1.82) is 0 Å². The first-order chi connectivity index (χ1) is 19.5. The van der Waals surface area contributed by atoms with Crippen LogP contribution in [0.2, 0.25) is 0 Å². The van der Waals surface area contributed by atoms with Gasteiger partial charge in [0.15, 0.2) is 23.0 Å². The smallest absolute Gasteiger partial charge is 0.335 e. The minimum absolute atomic E-state index is 0.00453. The van der Waals surface area contributed by atoms with Crippen molar-refractivity contribution in [2.24, 2.45) is 11.8 Å². The van der Waals surface area contributed by atoms with Gasteiger partial charge in [0.2, 0.25) is 0 Å². The number of benzene rings is 4. The average molecular weight is 543 g/mol. The first kappa shape index (κ1) is 27.3. The summed E-state index contributed by atoms with van der Waals surface area (Å²) in [6.07, 6.45) is 1.02. The van der Waals surface area contributed by atoms with Crippen molar-refractivity contribution in [2.45, 2.75) is 18.9 Å². The molecule has 3 atom stereocenters. The molecule has 0 spiro atoms. The highest BCUT2D eigenvalue weighted by molar-refractivity contribution is 5.98. The van der Waals surface area contributed by atoms with Crippen LogP contribution in [0.4, 0.5) is 0 Å². The molecule has 1 N–H and O–H groups in total. The molecule has 7 heteroatoms. The molecule has 208 valence electrons. The molecular weight excluding hydrogens is 508 g/mol. The molecule has 0 unspecified atom stereocenters. The normalized spacial score (nSPS) is 18.4. The fourth-order valence-corrected chi connectivity index (χ4v) is 5.88. The molecule has 1 aliphatic rings. The van der Waals surface area contributed by atoms with Gasteiger partial charge in [-0.2, -0.15) is 0 Å². The summed E-state index contributed by atoms with van der Waals surface area (Å²) in [5.74, 6) is 1.81. The van der Waals surface area contributed by atoms with Crippen LogP contribution in [-0.4, -0.2) is 46.1 Å². The maximum Gasteiger partial charge on any atom is 0.335 e. The van der Waals surface area contributed by atoms with Crippen LogP contribution in [-0.2, 0) is 17.6 Å². The Morgan fingerprint density at radius 3 is 2.17 bits per heavy atom. The van der Waals surface area contributed by atoms with Crippen LogP contribution in [0.15, 0.2) is 72.8 Å². The number of aromatic carboxylic acids is 1. The van der Waals surface area contributed by atoms with Gasteiger partial charge in [-0.05, 0) is 82.5 Å². The Balaban J connectivity index is 1.57. The van der Waals surface area contributed by atoms with Crippen molar-refractivity contribution < 1.29 is 33.6 Å². The fourth-order valence-electron chi connectivity index (χ4n) is 5.88. The van der Waals surface area contributed by atoms with Crippen LogP contribution in [0.5, 0.6) is 23.0 Å². The summed E-state index contributed by atoms with van der Waals surface area (Å²) in [5, 5.41) is 12.1. The summed E-state index contributed by atoms with van der Waals surface area (Å²) in [6, 6.07) is 23.3. The molecule has 4 aromatic carbocycles. The number of fused-ring (bicyclic) bond motifs is 1. The van der Waals surface area contributed by atoms with Gasteiger partial charge in [0.1, 0.15) is 0 Å². The third-order valence-corrected chi connectivity index (χ3v) is 7.88. The van der Waals surface area contributed by atoms with E-state index in [9.17, 15) is 9.90 Å². The number of carboxylic acids is 1. The summed E-state index contributed by atoms with van der Waals surface area (Å²) in [4.78, 5) is 12.4. The fraction of sp³-hybridized carbons (Fsp3) is 0.303. The van der Waals surface area contributed by atoms with Crippen molar-refractivity contribution in [3.63, 3.8) is 0 Å². The number of methoxy groups -OCH3 is 4. The highest BCUT2D eigenvalue weighted by Gasteiger charge is 2.39. The van der Waals surface area contributed by atoms with Gasteiger partial charge in [-0.15, -0.1) is 0 Å². The molecule has 0 aromatic heterocycles. The maximum absolute atomic E-state index is 12.4. The zero-order valence-electron chi connectivity index (χ0n) is 23.2. The lowest BCUT2D eigenvalue weighted by molar-refractivity contribution is 0.0693. The van der Waals surface area contributed by atoms with Crippen molar-refractivity contribution in [2.75, 3.05) is 35.0 Å². The lowest BCUT2D eigenvalue weighted by Crippen LogP contribution is -2.21. The van der Waals surface area contributed by atoms with Gasteiger partial charge in [0, 0.05) is 0 Å². The van der Waals surface area contributed by atoms with E-state index in [1.165, 1.54) is 0 Å². The van der Waals surface area contributed by atoms with E-state index in [0.29, 0.717) is 41.6 Å². The van der Waals surface area contributed by atoms with E-state index in [-0.39, 0.29) is 17.9 Å². The molecule has 4 aromatic rings. The van der Waals surface area contributed by atoms with E-state index in [2.05, 4.69) is 0 Å². The third kappa shape index (κ3) is 5.29. The Morgan fingerprint density at radius 2 is 1.48 bits per heavy atom. The highest BCUT2D eigenvalue weighted by atomic mass is 16.5. The molecule has 1 saturated heterocycles. The molecule has 7 nitrogen and oxygen atoms in total. The molecule has 1 fully saturated rings. The number of hydrogen-bond acceptors (Lipinski definition) is 6. The topological polar surface area (TPSA) is 83.5 Å². The first-order valence-electron chi connectivity index (χ1n) is 13.3. The summed E-state index contributed by atoms with van der Waals surface area (Å²) >= 11 is 0. The molecular formula is C33H34O7. The first-order valence-corrected chi connectivity index (χ1v) is 13.3. The Kier molecular flexibility index (Phi) is 8.12. The second-order valence-electron chi connectivity index (χ2n) is 10.0. The average Bonchev–Trinajstić information content (AvgIpc) is 3.38. The van der Waals surface area contributed by atoms with Gasteiger partial charge in [-0.1, -0.05) is 42.5 Å². The third-order valence-electron chi connectivity index (χ3n) is 7.88. The van der Waals surface area contributed by atoms with Crippen molar-refractivity contribution in [1.82, 2.24) is 0 Å². The zero-order valence-corrected chi connectivity index (χ0v) is 23.2. The highest BCUT2D eigenvalue weighted by Crippen LogP contribution is 2.45. The monoisotopic (exact) mass is 542 g/mol. The number of ether oxygens (including phenoxy) is 5. The Hall–Kier alpha value is -4.23. The molecule has 0 radical (unpaired) electrons. The standard InChI is InChI=1S/C33H34O7/c1-36-28-13-9-20(16-30(28)38-3)15-23-19-40-32(22-11-14-29(37-2)31(17-22)39-4)26(23)18-27-24-8-6-5-7-21(24)10-12-25(27)33(34)35/h5-14,16-17,23,26,32H,15,18-19H2,1-4H3,(H,34,35)/t23-,26+,32+/m0/s1. The molecule has 40 heavy (non-hydrogen) atoms. The Morgan fingerprint density at radius 1 is 0.800 bits per heavy atom. The number of carboxylic acid groups (broad SMARTS) is 1. The van der Waals surface area contributed by atoms with Crippen molar-refractivity contribution in [3.8, 4) is 23.0 Å². The molecule has 1 aliphatic heterocycles. The van der Waals surface area contributed by atoms with Crippen LogP contribution < -0.4 is 18.9 Å². The maximum atomic E-state index is 12.4. The lowest BCUT2D eigenvalue weighted by Gasteiger charge is -2.26. The summed E-state index contributed by atoms with van der Waals surface area (Å²) < 4.78 is 28.5. The molecule has 1 heterocycles. The summed E-state index contributed by atoms with van der Waals surface area (Å²) in [5.41, 5.74) is 3.21. The van der Waals surface area contributed by atoms with E-state index in [1.54, 1.807) is 34.5 Å². The van der Waals surface area contributed by atoms with Gasteiger partial charge in [-0.3, -0.25) is 0 Å². The minimum Gasteiger partial charge on any atom is -0.493 e. The van der Waals surface area contributed by atoms with Gasteiger partial charge >= 0.3 is 5.97 Å². The quantitative estimate of drug-likeness (QED) is 0.250. The second-order valence-corrected chi connectivity index (χ2v) is 10.0. The number of carbonyl (C=O) groups is 1. The summed E-state index contributed by atoms with van der Waals surface area (Å²) in [7, 11) is 6.48. The van der Waals surface area contributed by atoms with Crippen LogP contribution in [0.1, 0.15) is 33.2 Å². The van der Waals surface area contributed by atoms with E-state index in [0.717, 1.165) is 33.9 Å². The van der Waals surface area contributed by atoms with Gasteiger partial charge in [0.25, 0.3) is 0 Å². The Bertz CT molecular complexity index is 1510. The molecule has 0 aliphatic carbocycles. The van der Waals surface area contributed by atoms with Gasteiger partial charge < -0.3 is 28.8 Å². The van der Waals surface area contributed by atoms with E-state index in [4.69, 9.17) is 23.7 Å².